The zero-order valence-electron chi connectivity index (χ0n) is 12.0. The van der Waals surface area contributed by atoms with Crippen LogP contribution in [-0.4, -0.2) is 41.2 Å². The van der Waals surface area contributed by atoms with Crippen LogP contribution in [0.3, 0.4) is 0 Å². The SMILES string of the molecule is Cc1ccc(O)c(C(=O)N2C[C@H](C)O[C@@H](C3CC3)C2)c1. The van der Waals surface area contributed by atoms with Crippen molar-refractivity contribution in [3.05, 3.63) is 29.3 Å². The fraction of sp³-hybridized carbons (Fsp3) is 0.562. The lowest BCUT2D eigenvalue weighted by Gasteiger charge is -2.37. The number of benzene rings is 1. The molecule has 4 heteroatoms. The van der Waals surface area contributed by atoms with Crippen molar-refractivity contribution in [3.8, 4) is 5.75 Å². The molecule has 2 fully saturated rings. The number of phenolic OH excluding ortho intramolecular Hbond substituents is 1. The van der Waals surface area contributed by atoms with E-state index < -0.39 is 0 Å². The van der Waals surface area contributed by atoms with Crippen LogP contribution in [0.5, 0.6) is 5.75 Å². The molecule has 0 unspecified atom stereocenters. The average Bonchev–Trinajstić information content (AvgIpc) is 3.24. The minimum absolute atomic E-state index is 0.0581. The molecule has 1 aromatic rings. The number of hydrogen-bond acceptors (Lipinski definition) is 3. The predicted octanol–water partition coefficient (Wildman–Crippen LogP) is 2.34. The van der Waals surface area contributed by atoms with Crippen molar-refractivity contribution in [2.45, 2.75) is 38.9 Å². The monoisotopic (exact) mass is 275 g/mol. The summed E-state index contributed by atoms with van der Waals surface area (Å²) in [5.41, 5.74) is 1.37. The number of morpholine rings is 1. The van der Waals surface area contributed by atoms with E-state index in [1.165, 1.54) is 12.8 Å². The van der Waals surface area contributed by atoms with Crippen LogP contribution in [0.1, 0.15) is 35.7 Å². The van der Waals surface area contributed by atoms with Gasteiger partial charge < -0.3 is 14.7 Å². The summed E-state index contributed by atoms with van der Waals surface area (Å²) in [6.07, 6.45) is 2.63. The van der Waals surface area contributed by atoms with E-state index in [9.17, 15) is 9.90 Å². The van der Waals surface area contributed by atoms with Crippen LogP contribution in [-0.2, 0) is 4.74 Å². The molecule has 108 valence electrons. The third-order valence-electron chi connectivity index (χ3n) is 4.10. The van der Waals surface area contributed by atoms with Gasteiger partial charge in [-0.2, -0.15) is 0 Å². The fourth-order valence-corrected chi connectivity index (χ4v) is 2.87. The molecule has 1 aliphatic carbocycles. The molecule has 2 atom stereocenters. The molecule has 0 bridgehead atoms. The first-order valence-electron chi connectivity index (χ1n) is 7.29. The zero-order chi connectivity index (χ0) is 14.3. The van der Waals surface area contributed by atoms with Gasteiger partial charge in [0.05, 0.1) is 17.8 Å². The predicted molar refractivity (Wildman–Crippen MR) is 75.8 cm³/mol. The lowest BCUT2D eigenvalue weighted by atomic mass is 10.1. The molecule has 0 spiro atoms. The van der Waals surface area contributed by atoms with Gasteiger partial charge in [-0.25, -0.2) is 0 Å². The topological polar surface area (TPSA) is 49.8 Å². The first-order chi connectivity index (χ1) is 9.54. The van der Waals surface area contributed by atoms with Crippen LogP contribution in [0.4, 0.5) is 0 Å². The molecule has 2 aliphatic rings. The van der Waals surface area contributed by atoms with E-state index in [0.717, 1.165) is 5.56 Å². The Labute approximate surface area is 119 Å². The van der Waals surface area contributed by atoms with Gasteiger partial charge in [-0.1, -0.05) is 11.6 Å². The van der Waals surface area contributed by atoms with Gasteiger partial charge in [-0.05, 0) is 44.7 Å². The first kappa shape index (κ1) is 13.4. The number of ether oxygens (including phenoxy) is 1. The molecule has 0 radical (unpaired) electrons. The molecular formula is C16H21NO3. The summed E-state index contributed by atoms with van der Waals surface area (Å²) in [6.45, 7) is 5.16. The number of carbonyl (C=O) groups is 1. The minimum Gasteiger partial charge on any atom is -0.507 e. The number of aryl methyl sites for hydroxylation is 1. The van der Waals surface area contributed by atoms with Gasteiger partial charge >= 0.3 is 0 Å². The van der Waals surface area contributed by atoms with E-state index in [-0.39, 0.29) is 23.9 Å². The molecule has 1 N–H and O–H groups in total. The summed E-state index contributed by atoms with van der Waals surface area (Å²) in [6, 6.07) is 5.15. The maximum Gasteiger partial charge on any atom is 0.257 e. The third-order valence-corrected chi connectivity index (χ3v) is 4.10. The van der Waals surface area contributed by atoms with E-state index in [1.807, 2.05) is 18.7 Å². The van der Waals surface area contributed by atoms with Crippen LogP contribution in [0.25, 0.3) is 0 Å². The molecular weight excluding hydrogens is 254 g/mol. The Hall–Kier alpha value is -1.55. The summed E-state index contributed by atoms with van der Waals surface area (Å²) >= 11 is 0. The zero-order valence-corrected chi connectivity index (χ0v) is 12.0. The van der Waals surface area contributed by atoms with Gasteiger partial charge in [-0.3, -0.25) is 4.79 Å². The molecule has 0 aromatic heterocycles. The number of phenols is 1. The van der Waals surface area contributed by atoms with Gasteiger partial charge in [0.2, 0.25) is 0 Å². The normalized spacial score (nSPS) is 26.6. The number of nitrogens with zero attached hydrogens (tertiary/aromatic N) is 1. The number of aromatic hydroxyl groups is 1. The van der Waals surface area contributed by atoms with Gasteiger partial charge in [0.15, 0.2) is 0 Å². The molecule has 1 aromatic carbocycles. The second kappa shape index (κ2) is 5.09. The Morgan fingerprint density at radius 1 is 1.35 bits per heavy atom. The summed E-state index contributed by atoms with van der Waals surface area (Å²) in [5.74, 6) is 0.578. The summed E-state index contributed by atoms with van der Waals surface area (Å²) in [7, 11) is 0. The molecule has 4 nitrogen and oxygen atoms in total. The van der Waals surface area contributed by atoms with E-state index >= 15 is 0 Å². The maximum absolute atomic E-state index is 12.6. The number of rotatable bonds is 2. The van der Waals surface area contributed by atoms with Crippen molar-refractivity contribution in [2.24, 2.45) is 5.92 Å². The van der Waals surface area contributed by atoms with Crippen LogP contribution in [0, 0.1) is 12.8 Å². The van der Waals surface area contributed by atoms with Crippen LogP contribution in [0.15, 0.2) is 18.2 Å². The van der Waals surface area contributed by atoms with Gasteiger partial charge in [0.1, 0.15) is 5.75 Å². The molecule has 1 saturated heterocycles. The standard InChI is InChI=1S/C16H21NO3/c1-10-3-6-14(18)13(7-10)16(19)17-8-11(2)20-15(9-17)12-4-5-12/h3,6-7,11-12,15,18H,4-5,8-9H2,1-2H3/t11-,15+/m0/s1. The Morgan fingerprint density at radius 2 is 2.10 bits per heavy atom. The molecule has 1 heterocycles. The highest BCUT2D eigenvalue weighted by Crippen LogP contribution is 2.37. The summed E-state index contributed by atoms with van der Waals surface area (Å²) in [4.78, 5) is 14.4. The quantitative estimate of drug-likeness (QED) is 0.901. The van der Waals surface area contributed by atoms with Crippen molar-refractivity contribution < 1.29 is 14.6 Å². The lowest BCUT2D eigenvalue weighted by molar-refractivity contribution is -0.0762. The van der Waals surface area contributed by atoms with E-state index in [2.05, 4.69) is 0 Å². The third kappa shape index (κ3) is 2.66. The molecule has 1 aliphatic heterocycles. The van der Waals surface area contributed by atoms with Gasteiger partial charge in [-0.15, -0.1) is 0 Å². The van der Waals surface area contributed by atoms with Crippen molar-refractivity contribution >= 4 is 5.91 Å². The lowest BCUT2D eigenvalue weighted by Crippen LogP contribution is -2.49. The van der Waals surface area contributed by atoms with Crippen LogP contribution < -0.4 is 0 Å². The molecule has 3 rings (SSSR count). The average molecular weight is 275 g/mol. The van der Waals surface area contributed by atoms with Gasteiger partial charge in [0.25, 0.3) is 5.91 Å². The Morgan fingerprint density at radius 3 is 2.80 bits per heavy atom. The van der Waals surface area contributed by atoms with E-state index in [0.29, 0.717) is 24.6 Å². The largest absolute Gasteiger partial charge is 0.507 e. The van der Waals surface area contributed by atoms with Crippen LogP contribution in [0.2, 0.25) is 0 Å². The second-order valence-corrected chi connectivity index (χ2v) is 6.05. The number of amides is 1. The summed E-state index contributed by atoms with van der Waals surface area (Å²) < 4.78 is 5.92. The smallest absolute Gasteiger partial charge is 0.257 e. The number of carbonyl (C=O) groups excluding carboxylic acids is 1. The van der Waals surface area contributed by atoms with Crippen molar-refractivity contribution in [3.63, 3.8) is 0 Å². The maximum atomic E-state index is 12.6. The second-order valence-electron chi connectivity index (χ2n) is 6.05. The highest BCUT2D eigenvalue weighted by atomic mass is 16.5. The van der Waals surface area contributed by atoms with Crippen molar-refractivity contribution in [2.75, 3.05) is 13.1 Å². The Bertz CT molecular complexity index is 524. The molecule has 20 heavy (non-hydrogen) atoms. The van der Waals surface area contributed by atoms with Gasteiger partial charge in [0, 0.05) is 13.1 Å². The van der Waals surface area contributed by atoms with Crippen molar-refractivity contribution in [1.29, 1.82) is 0 Å². The fourth-order valence-electron chi connectivity index (χ4n) is 2.87. The highest BCUT2D eigenvalue weighted by Gasteiger charge is 2.39. The van der Waals surface area contributed by atoms with Crippen LogP contribution >= 0.6 is 0 Å². The Balaban J connectivity index is 1.80. The van der Waals surface area contributed by atoms with E-state index in [4.69, 9.17) is 4.74 Å². The summed E-state index contributed by atoms with van der Waals surface area (Å²) in [5, 5.41) is 9.91. The van der Waals surface area contributed by atoms with Crippen molar-refractivity contribution in [1.82, 2.24) is 4.90 Å². The number of hydrogen-bond donors (Lipinski definition) is 1. The Kier molecular flexibility index (Phi) is 3.42. The molecule has 1 amide bonds. The van der Waals surface area contributed by atoms with E-state index in [1.54, 1.807) is 18.2 Å². The molecule has 1 saturated carbocycles. The highest BCUT2D eigenvalue weighted by molar-refractivity contribution is 5.97. The minimum atomic E-state index is -0.0907. The first-order valence-corrected chi connectivity index (χ1v) is 7.29.